The van der Waals surface area contributed by atoms with Crippen molar-refractivity contribution in [3.63, 3.8) is 0 Å². The number of thioether (sulfide) groups is 1. The third-order valence-electron chi connectivity index (χ3n) is 6.03. The molecule has 38 heavy (non-hydrogen) atoms. The standard InChI is InChI=1S/C27H23N5O5S/c1-3-19(16-8-6-5-7-9-16)26-30-31-24(28)21(25(33)29-27(31)38-26)14-18-11-13-23(37-18)20-12-10-17(36-4-2)15-22(20)32(34)35/h5-15,19,28H,3-4H2,1-2H3/b21-14-,28-24?/t19-/m0/s1. The lowest BCUT2D eigenvalue weighted by Gasteiger charge is -2.19. The van der Waals surface area contributed by atoms with Crippen molar-refractivity contribution in [2.75, 3.05) is 6.61 Å². The number of nitro benzene ring substituents is 1. The van der Waals surface area contributed by atoms with E-state index >= 15 is 0 Å². The Labute approximate surface area is 222 Å². The number of nitrogens with zero attached hydrogens (tertiary/aromatic N) is 4. The number of nitrogens with one attached hydrogen (secondary N) is 1. The largest absolute Gasteiger partial charge is 0.494 e. The lowest BCUT2D eigenvalue weighted by atomic mass is 9.98. The number of hydrazone groups is 1. The maximum atomic E-state index is 12.9. The van der Waals surface area contributed by atoms with Gasteiger partial charge in [-0.15, -0.1) is 0 Å². The van der Waals surface area contributed by atoms with E-state index in [1.54, 1.807) is 31.2 Å². The highest BCUT2D eigenvalue weighted by molar-refractivity contribution is 8.27. The lowest BCUT2D eigenvalue weighted by Crippen LogP contribution is -2.35. The van der Waals surface area contributed by atoms with Crippen molar-refractivity contribution in [1.82, 2.24) is 5.01 Å². The highest BCUT2D eigenvalue weighted by Crippen LogP contribution is 2.37. The van der Waals surface area contributed by atoms with Crippen LogP contribution < -0.4 is 4.74 Å². The van der Waals surface area contributed by atoms with Gasteiger partial charge in [-0.3, -0.25) is 20.3 Å². The molecule has 3 heterocycles. The number of carbonyl (C=O) groups excluding carboxylic acids is 1. The summed E-state index contributed by atoms with van der Waals surface area (Å²) in [5, 5.41) is 27.4. The molecule has 0 spiro atoms. The molecule has 192 valence electrons. The number of ether oxygens (including phenoxy) is 1. The molecule has 1 aromatic heterocycles. The Kier molecular flexibility index (Phi) is 6.93. The van der Waals surface area contributed by atoms with E-state index in [0.29, 0.717) is 17.5 Å². The Balaban J connectivity index is 1.43. The van der Waals surface area contributed by atoms with Crippen LogP contribution in [0.5, 0.6) is 5.75 Å². The van der Waals surface area contributed by atoms with Crippen LogP contribution in [0.4, 0.5) is 5.69 Å². The zero-order valence-corrected chi connectivity index (χ0v) is 21.4. The highest BCUT2D eigenvalue weighted by Gasteiger charge is 2.38. The molecule has 0 unspecified atom stereocenters. The number of nitro groups is 1. The molecule has 2 aliphatic heterocycles. The van der Waals surface area contributed by atoms with Crippen LogP contribution in [0.1, 0.15) is 37.5 Å². The summed E-state index contributed by atoms with van der Waals surface area (Å²) in [5.74, 6) is 0.200. The zero-order valence-electron chi connectivity index (χ0n) is 20.6. The number of amides is 1. The van der Waals surface area contributed by atoms with Crippen molar-refractivity contribution in [3.8, 4) is 17.1 Å². The van der Waals surface area contributed by atoms with Gasteiger partial charge in [0.25, 0.3) is 11.6 Å². The Morgan fingerprint density at radius 2 is 1.97 bits per heavy atom. The summed E-state index contributed by atoms with van der Waals surface area (Å²) in [6, 6.07) is 17.6. The fourth-order valence-corrected chi connectivity index (χ4v) is 5.33. The predicted octanol–water partition coefficient (Wildman–Crippen LogP) is 6.07. The van der Waals surface area contributed by atoms with Crippen LogP contribution in [0.15, 0.2) is 80.7 Å². The minimum absolute atomic E-state index is 0.00852. The molecule has 0 fully saturated rings. The second kappa shape index (κ2) is 10.5. The molecule has 0 saturated carbocycles. The molecular formula is C27H23N5O5S. The van der Waals surface area contributed by atoms with Crippen LogP contribution in [0.3, 0.4) is 0 Å². The van der Waals surface area contributed by atoms with E-state index in [9.17, 15) is 14.9 Å². The van der Waals surface area contributed by atoms with Gasteiger partial charge in [-0.1, -0.05) is 37.3 Å². The number of carbonyl (C=O) groups is 1. The third kappa shape index (κ3) is 4.75. The first kappa shape index (κ1) is 25.2. The summed E-state index contributed by atoms with van der Waals surface area (Å²) >= 11 is 1.29. The first-order valence-electron chi connectivity index (χ1n) is 12.0. The minimum Gasteiger partial charge on any atom is -0.494 e. The smallest absolute Gasteiger partial charge is 0.284 e. The molecule has 3 aromatic rings. The Bertz CT molecular complexity index is 1530. The van der Waals surface area contributed by atoms with E-state index < -0.39 is 10.8 Å². The monoisotopic (exact) mass is 529 g/mol. The van der Waals surface area contributed by atoms with E-state index in [0.717, 1.165) is 17.0 Å². The van der Waals surface area contributed by atoms with Crippen molar-refractivity contribution in [3.05, 3.63) is 87.7 Å². The van der Waals surface area contributed by atoms with Gasteiger partial charge in [0, 0.05) is 5.92 Å². The molecule has 0 saturated heterocycles. The van der Waals surface area contributed by atoms with Crippen molar-refractivity contribution in [2.45, 2.75) is 26.2 Å². The van der Waals surface area contributed by atoms with Crippen LogP contribution in [-0.4, -0.2) is 38.5 Å². The van der Waals surface area contributed by atoms with E-state index in [1.807, 2.05) is 30.3 Å². The van der Waals surface area contributed by atoms with Crippen molar-refractivity contribution < 1.29 is 18.9 Å². The number of fused-ring (bicyclic) bond motifs is 1. The molecule has 0 radical (unpaired) electrons. The second-order valence-electron chi connectivity index (χ2n) is 8.40. The van der Waals surface area contributed by atoms with Gasteiger partial charge in [0.15, 0.2) is 5.84 Å². The van der Waals surface area contributed by atoms with Crippen LogP contribution in [0.2, 0.25) is 0 Å². The second-order valence-corrected chi connectivity index (χ2v) is 9.39. The molecule has 11 heteroatoms. The highest BCUT2D eigenvalue weighted by atomic mass is 32.2. The number of amidine groups is 2. The topological polar surface area (TPSA) is 134 Å². The summed E-state index contributed by atoms with van der Waals surface area (Å²) in [4.78, 5) is 28.2. The van der Waals surface area contributed by atoms with Crippen LogP contribution in [0.25, 0.3) is 17.4 Å². The van der Waals surface area contributed by atoms with E-state index in [2.05, 4.69) is 17.0 Å². The van der Waals surface area contributed by atoms with Crippen LogP contribution in [-0.2, 0) is 4.79 Å². The fourth-order valence-electron chi connectivity index (χ4n) is 4.23. The van der Waals surface area contributed by atoms with Gasteiger partial charge < -0.3 is 9.15 Å². The number of aliphatic imine (C=N–C) groups is 1. The first-order chi connectivity index (χ1) is 18.4. The SMILES string of the molecule is CCOc1ccc(-c2ccc(/C=C3/C(=N)N4N=C([C@@H](CC)c5ccccc5)SC4=NC3=O)o2)c([N+](=O)[O-])c1. The summed E-state index contributed by atoms with van der Waals surface area (Å²) in [7, 11) is 0. The Morgan fingerprint density at radius 3 is 2.68 bits per heavy atom. The van der Waals surface area contributed by atoms with Gasteiger partial charge in [0.2, 0.25) is 5.17 Å². The van der Waals surface area contributed by atoms with E-state index in [4.69, 9.17) is 14.6 Å². The molecule has 2 aliphatic rings. The fraction of sp³-hybridized carbons (Fsp3) is 0.185. The summed E-state index contributed by atoms with van der Waals surface area (Å²) in [6.45, 7) is 4.23. The van der Waals surface area contributed by atoms with Gasteiger partial charge in [-0.2, -0.15) is 15.1 Å². The minimum atomic E-state index is -0.581. The van der Waals surface area contributed by atoms with Gasteiger partial charge >= 0.3 is 0 Å². The summed E-state index contributed by atoms with van der Waals surface area (Å²) in [5.41, 5.74) is 1.21. The maximum Gasteiger partial charge on any atom is 0.284 e. The summed E-state index contributed by atoms with van der Waals surface area (Å²) < 4.78 is 11.2. The van der Waals surface area contributed by atoms with Gasteiger partial charge in [-0.05, 0) is 61.0 Å². The van der Waals surface area contributed by atoms with E-state index in [1.165, 1.54) is 28.9 Å². The lowest BCUT2D eigenvalue weighted by molar-refractivity contribution is -0.384. The summed E-state index contributed by atoms with van der Waals surface area (Å²) in [6.07, 6.45) is 2.20. The van der Waals surface area contributed by atoms with Gasteiger partial charge in [0.1, 0.15) is 22.3 Å². The molecule has 10 nitrogen and oxygen atoms in total. The molecule has 1 amide bonds. The number of hydrogen-bond donors (Lipinski definition) is 1. The quantitative estimate of drug-likeness (QED) is 0.213. The molecule has 1 N–H and O–H groups in total. The average Bonchev–Trinajstić information content (AvgIpc) is 3.55. The zero-order chi connectivity index (χ0) is 26.8. The van der Waals surface area contributed by atoms with Gasteiger partial charge in [-0.25, -0.2) is 0 Å². The predicted molar refractivity (Wildman–Crippen MR) is 146 cm³/mol. The average molecular weight is 530 g/mol. The molecule has 2 aromatic carbocycles. The Morgan fingerprint density at radius 1 is 1.18 bits per heavy atom. The third-order valence-corrected chi connectivity index (χ3v) is 7.06. The number of rotatable bonds is 8. The van der Waals surface area contributed by atoms with E-state index in [-0.39, 0.29) is 40.1 Å². The molecular weight excluding hydrogens is 506 g/mol. The molecule has 0 bridgehead atoms. The molecule has 1 atom stereocenters. The van der Waals surface area contributed by atoms with Gasteiger partial charge in [0.05, 0.1) is 28.7 Å². The number of benzene rings is 2. The van der Waals surface area contributed by atoms with Crippen LogP contribution >= 0.6 is 11.8 Å². The van der Waals surface area contributed by atoms with Crippen LogP contribution in [0, 0.1) is 15.5 Å². The maximum absolute atomic E-state index is 12.9. The molecule has 5 rings (SSSR count). The Hall–Kier alpha value is -4.51. The van der Waals surface area contributed by atoms with Crippen molar-refractivity contribution in [1.29, 1.82) is 5.41 Å². The first-order valence-corrected chi connectivity index (χ1v) is 12.8. The van der Waals surface area contributed by atoms with Crippen molar-refractivity contribution in [2.24, 2.45) is 10.1 Å². The normalized spacial score (nSPS) is 16.8. The molecule has 0 aliphatic carbocycles. The van der Waals surface area contributed by atoms with Crippen molar-refractivity contribution >= 4 is 45.5 Å². The number of furan rings is 1. The number of hydrogen-bond acceptors (Lipinski definition) is 8.